The lowest BCUT2D eigenvalue weighted by Crippen LogP contribution is -2.64. The van der Waals surface area contributed by atoms with Crippen molar-refractivity contribution in [3.63, 3.8) is 0 Å². The van der Waals surface area contributed by atoms with Crippen molar-refractivity contribution >= 4 is 17.4 Å². The largest absolute Gasteiger partial charge is 0.332 e. The molecule has 3 aromatic rings. The van der Waals surface area contributed by atoms with E-state index >= 15 is 0 Å². The summed E-state index contributed by atoms with van der Waals surface area (Å²) in [6, 6.07) is 16.0. The number of aromatic nitrogens is 2. The second-order valence-corrected chi connectivity index (χ2v) is 11.3. The Bertz CT molecular complexity index is 1430. The molecule has 7 rings (SSSR count). The zero-order chi connectivity index (χ0) is 25.9. The fourth-order valence-corrected chi connectivity index (χ4v) is 7.78. The second kappa shape index (κ2) is 8.33. The van der Waals surface area contributed by atoms with E-state index < -0.39 is 0 Å². The Morgan fingerprint density at radius 2 is 1.68 bits per heavy atom. The van der Waals surface area contributed by atoms with E-state index in [1.807, 2.05) is 49.4 Å². The first-order chi connectivity index (χ1) is 17.7. The predicted molar refractivity (Wildman–Crippen MR) is 140 cm³/mol. The fraction of sp³-hybridized carbons (Fsp3) is 0.429. The highest BCUT2D eigenvalue weighted by Gasteiger charge is 2.58. The molecular formula is C28H31N5O4. The standard InChI is InChI=1S/C28H31N5O4/c1-18-24(25(34)32(31(18)2)22-6-4-3-5-7-22)29-26(35)30-28-15-19-12-20(16-28)14-27(13-19,17-28)21-8-10-23(11-9-21)33(36)37/h3-11,19-20H,12-17H2,1-2H3,(H2,29,30,35)/t19-,20+,27?,28?. The van der Waals surface area contributed by atoms with Crippen LogP contribution in [0, 0.1) is 28.9 Å². The SMILES string of the molecule is Cc1c(NC(=O)NC23C[C@H]4C[C@@H](C2)CC(c2ccc([N+](=O)[O-])cc2)(C4)C3)c(=O)n(-c2ccccc2)n1C. The summed E-state index contributed by atoms with van der Waals surface area (Å²) in [7, 11) is 1.81. The number of nitro benzene ring substituents is 1. The molecule has 37 heavy (non-hydrogen) atoms. The highest BCUT2D eigenvalue weighted by atomic mass is 16.6. The van der Waals surface area contributed by atoms with Gasteiger partial charge >= 0.3 is 6.03 Å². The third-order valence-electron chi connectivity index (χ3n) is 8.92. The molecule has 4 atom stereocenters. The smallest absolute Gasteiger partial charge is 0.319 e. The van der Waals surface area contributed by atoms with E-state index in [1.54, 1.807) is 28.5 Å². The summed E-state index contributed by atoms with van der Waals surface area (Å²) in [5, 5.41) is 17.3. The lowest BCUT2D eigenvalue weighted by atomic mass is 9.45. The topological polar surface area (TPSA) is 111 Å². The molecule has 2 N–H and O–H groups in total. The van der Waals surface area contributed by atoms with Crippen molar-refractivity contribution in [3.8, 4) is 5.69 Å². The van der Waals surface area contributed by atoms with Gasteiger partial charge in [-0.15, -0.1) is 0 Å². The van der Waals surface area contributed by atoms with E-state index in [0.29, 0.717) is 17.5 Å². The van der Waals surface area contributed by atoms with Crippen molar-refractivity contribution in [3.05, 3.63) is 86.3 Å². The molecule has 0 aliphatic heterocycles. The van der Waals surface area contributed by atoms with Gasteiger partial charge in [0, 0.05) is 24.7 Å². The minimum atomic E-state index is -0.367. The number of carbonyl (C=O) groups excluding carboxylic acids is 1. The lowest BCUT2D eigenvalue weighted by molar-refractivity contribution is -0.384. The number of nitrogens with one attached hydrogen (secondary N) is 2. The number of benzene rings is 2. The van der Waals surface area contributed by atoms with Gasteiger partial charge in [-0.3, -0.25) is 19.6 Å². The van der Waals surface area contributed by atoms with Crippen LogP contribution in [0.15, 0.2) is 59.4 Å². The van der Waals surface area contributed by atoms with Crippen LogP contribution in [0.5, 0.6) is 0 Å². The third kappa shape index (κ3) is 3.84. The summed E-state index contributed by atoms with van der Waals surface area (Å²) < 4.78 is 3.31. The quantitative estimate of drug-likeness (QED) is 0.386. The van der Waals surface area contributed by atoms with Gasteiger partial charge in [-0.05, 0) is 80.4 Å². The molecule has 1 aromatic heterocycles. The number of para-hydroxylation sites is 1. The number of anilines is 1. The summed E-state index contributed by atoms with van der Waals surface area (Å²) in [6.07, 6.45) is 5.92. The molecule has 9 heteroatoms. The van der Waals surface area contributed by atoms with Gasteiger partial charge in [0.25, 0.3) is 11.2 Å². The Labute approximate surface area is 214 Å². The van der Waals surface area contributed by atoms with Gasteiger partial charge in [0.2, 0.25) is 0 Å². The number of carbonyl (C=O) groups is 1. The summed E-state index contributed by atoms with van der Waals surface area (Å²) in [4.78, 5) is 37.4. The molecule has 4 fully saturated rings. The zero-order valence-electron chi connectivity index (χ0n) is 21.1. The number of hydrogen-bond donors (Lipinski definition) is 2. The first-order valence-electron chi connectivity index (χ1n) is 12.9. The first-order valence-corrected chi connectivity index (χ1v) is 12.9. The van der Waals surface area contributed by atoms with Crippen molar-refractivity contribution < 1.29 is 9.72 Å². The highest BCUT2D eigenvalue weighted by Crippen LogP contribution is 2.62. The third-order valence-corrected chi connectivity index (χ3v) is 8.92. The molecule has 0 radical (unpaired) electrons. The van der Waals surface area contributed by atoms with Gasteiger partial charge in [-0.1, -0.05) is 30.3 Å². The molecule has 4 aliphatic rings. The predicted octanol–water partition coefficient (Wildman–Crippen LogP) is 4.80. The molecule has 4 aliphatic carbocycles. The number of nitrogens with zero attached hydrogens (tertiary/aromatic N) is 3. The molecule has 9 nitrogen and oxygen atoms in total. The van der Waals surface area contributed by atoms with Crippen molar-refractivity contribution in [2.24, 2.45) is 18.9 Å². The van der Waals surface area contributed by atoms with Crippen LogP contribution < -0.4 is 16.2 Å². The molecule has 2 unspecified atom stereocenters. The molecule has 0 saturated heterocycles. The van der Waals surface area contributed by atoms with E-state index in [9.17, 15) is 19.7 Å². The number of nitro groups is 1. The average molecular weight is 502 g/mol. The summed E-state index contributed by atoms with van der Waals surface area (Å²) >= 11 is 0. The zero-order valence-corrected chi connectivity index (χ0v) is 21.1. The van der Waals surface area contributed by atoms with Crippen LogP contribution in [0.25, 0.3) is 5.69 Å². The molecule has 2 amide bonds. The monoisotopic (exact) mass is 501 g/mol. The average Bonchev–Trinajstić information content (AvgIpc) is 3.06. The summed E-state index contributed by atoms with van der Waals surface area (Å²) in [6.45, 7) is 1.82. The molecule has 2 aromatic carbocycles. The Morgan fingerprint density at radius 1 is 1.03 bits per heavy atom. The van der Waals surface area contributed by atoms with E-state index in [2.05, 4.69) is 10.6 Å². The van der Waals surface area contributed by atoms with Crippen molar-refractivity contribution in [2.45, 2.75) is 56.4 Å². The van der Waals surface area contributed by atoms with Crippen molar-refractivity contribution in [1.82, 2.24) is 14.7 Å². The maximum Gasteiger partial charge on any atom is 0.319 e. The van der Waals surface area contributed by atoms with E-state index in [0.717, 1.165) is 43.4 Å². The van der Waals surface area contributed by atoms with Crippen molar-refractivity contribution in [1.29, 1.82) is 0 Å². The normalized spacial score (nSPS) is 27.7. The fourth-order valence-electron chi connectivity index (χ4n) is 7.78. The van der Waals surface area contributed by atoms with Crippen LogP contribution in [-0.4, -0.2) is 25.9 Å². The Hall–Kier alpha value is -3.88. The molecule has 4 saturated carbocycles. The molecule has 192 valence electrons. The van der Waals surface area contributed by atoms with Crippen LogP contribution >= 0.6 is 0 Å². The Balaban J connectivity index is 1.26. The molecule has 0 spiro atoms. The van der Waals surface area contributed by atoms with Gasteiger partial charge in [-0.25, -0.2) is 9.48 Å². The maximum absolute atomic E-state index is 13.4. The lowest BCUT2D eigenvalue weighted by Gasteiger charge is -2.62. The minimum absolute atomic E-state index is 0.0881. The maximum atomic E-state index is 13.4. The van der Waals surface area contributed by atoms with Crippen LogP contribution in [-0.2, 0) is 12.5 Å². The van der Waals surface area contributed by atoms with Gasteiger partial charge in [0.15, 0.2) is 0 Å². The van der Waals surface area contributed by atoms with Crippen LogP contribution in [0.2, 0.25) is 0 Å². The number of urea groups is 1. The highest BCUT2D eigenvalue weighted by molar-refractivity contribution is 5.90. The number of non-ortho nitro benzene ring substituents is 1. The van der Waals surface area contributed by atoms with Gasteiger partial charge in [-0.2, -0.15) is 0 Å². The van der Waals surface area contributed by atoms with Gasteiger partial charge in [0.1, 0.15) is 5.69 Å². The molecular weight excluding hydrogens is 470 g/mol. The summed E-state index contributed by atoms with van der Waals surface area (Å²) in [5.41, 5.74) is 2.21. The first kappa shape index (κ1) is 23.5. The Morgan fingerprint density at radius 3 is 2.30 bits per heavy atom. The molecule has 4 bridgehead atoms. The van der Waals surface area contributed by atoms with Crippen LogP contribution in [0.1, 0.15) is 49.8 Å². The summed E-state index contributed by atoms with van der Waals surface area (Å²) in [5.74, 6) is 1.01. The number of hydrogen-bond acceptors (Lipinski definition) is 4. The van der Waals surface area contributed by atoms with Crippen molar-refractivity contribution in [2.75, 3.05) is 5.32 Å². The van der Waals surface area contributed by atoms with Crippen LogP contribution in [0.4, 0.5) is 16.2 Å². The minimum Gasteiger partial charge on any atom is -0.332 e. The second-order valence-electron chi connectivity index (χ2n) is 11.3. The van der Waals surface area contributed by atoms with Gasteiger partial charge in [0.05, 0.1) is 16.3 Å². The van der Waals surface area contributed by atoms with E-state index in [1.165, 1.54) is 6.42 Å². The van der Waals surface area contributed by atoms with E-state index in [4.69, 9.17) is 0 Å². The number of rotatable bonds is 5. The van der Waals surface area contributed by atoms with E-state index in [-0.39, 0.29) is 38.8 Å². The van der Waals surface area contributed by atoms with Gasteiger partial charge < -0.3 is 10.6 Å². The Kier molecular flexibility index (Phi) is 5.29. The van der Waals surface area contributed by atoms with Crippen LogP contribution in [0.3, 0.4) is 0 Å². The number of amides is 2. The molecule has 1 heterocycles.